The highest BCUT2D eigenvalue weighted by atomic mass is 16.5. The smallest absolute Gasteiger partial charge is 0.349 e. The number of rotatable bonds is 4. The standard InChI is InChI=1S/C19H14N2O3/c1-13(16-9-14-5-2-3-7-18(14)21-12-16)24-19(22)15(11-20)10-17-6-4-8-23-17/h2-10,12-13H,1H3/b15-10-. The van der Waals surface area contributed by atoms with Crippen molar-refractivity contribution < 1.29 is 13.9 Å². The zero-order valence-electron chi connectivity index (χ0n) is 13.0. The Morgan fingerprint density at radius 2 is 2.17 bits per heavy atom. The molecule has 0 saturated carbocycles. The highest BCUT2D eigenvalue weighted by Gasteiger charge is 2.17. The second kappa shape index (κ2) is 6.80. The van der Waals surface area contributed by atoms with Gasteiger partial charge < -0.3 is 9.15 Å². The summed E-state index contributed by atoms with van der Waals surface area (Å²) in [5, 5.41) is 10.1. The summed E-state index contributed by atoms with van der Waals surface area (Å²) in [5.74, 6) is -0.280. The van der Waals surface area contributed by atoms with E-state index in [4.69, 9.17) is 14.4 Å². The Morgan fingerprint density at radius 1 is 1.33 bits per heavy atom. The fourth-order valence-electron chi connectivity index (χ4n) is 2.25. The Hall–Kier alpha value is -3.39. The van der Waals surface area contributed by atoms with E-state index in [1.54, 1.807) is 25.3 Å². The average Bonchev–Trinajstić information content (AvgIpc) is 3.12. The molecule has 1 unspecified atom stereocenters. The molecule has 5 heteroatoms. The van der Waals surface area contributed by atoms with Crippen molar-refractivity contribution in [2.24, 2.45) is 0 Å². The number of para-hydroxylation sites is 1. The quantitative estimate of drug-likeness (QED) is 0.412. The van der Waals surface area contributed by atoms with Gasteiger partial charge in [0.1, 0.15) is 23.5 Å². The van der Waals surface area contributed by atoms with Crippen LogP contribution in [0, 0.1) is 11.3 Å². The summed E-state index contributed by atoms with van der Waals surface area (Å²) in [6.45, 7) is 1.74. The number of hydrogen-bond donors (Lipinski definition) is 0. The summed E-state index contributed by atoms with van der Waals surface area (Å²) in [6.07, 6.45) is 3.97. The first-order valence-corrected chi connectivity index (χ1v) is 7.38. The fourth-order valence-corrected chi connectivity index (χ4v) is 2.25. The number of esters is 1. The van der Waals surface area contributed by atoms with Crippen molar-refractivity contribution in [3.8, 4) is 6.07 Å². The molecule has 0 saturated heterocycles. The van der Waals surface area contributed by atoms with Gasteiger partial charge in [-0.1, -0.05) is 18.2 Å². The van der Waals surface area contributed by atoms with Crippen LogP contribution in [0.2, 0.25) is 0 Å². The summed E-state index contributed by atoms with van der Waals surface area (Å²) in [5.41, 5.74) is 1.51. The van der Waals surface area contributed by atoms with E-state index in [9.17, 15) is 4.79 Å². The van der Waals surface area contributed by atoms with Crippen molar-refractivity contribution >= 4 is 22.9 Å². The minimum Gasteiger partial charge on any atom is -0.465 e. The van der Waals surface area contributed by atoms with Gasteiger partial charge in [-0.25, -0.2) is 4.79 Å². The second-order valence-corrected chi connectivity index (χ2v) is 5.19. The molecule has 1 aromatic carbocycles. The number of nitriles is 1. The predicted octanol–water partition coefficient (Wildman–Crippen LogP) is 4.04. The molecular formula is C19H14N2O3. The van der Waals surface area contributed by atoms with E-state index in [1.807, 2.05) is 36.4 Å². The third-order valence-electron chi connectivity index (χ3n) is 3.54. The highest BCUT2D eigenvalue weighted by molar-refractivity contribution is 5.97. The van der Waals surface area contributed by atoms with Crippen LogP contribution in [0.25, 0.3) is 17.0 Å². The zero-order valence-corrected chi connectivity index (χ0v) is 13.0. The van der Waals surface area contributed by atoms with Gasteiger partial charge in [0.05, 0.1) is 11.8 Å². The van der Waals surface area contributed by atoms with Gasteiger partial charge in [0, 0.05) is 23.2 Å². The van der Waals surface area contributed by atoms with Crippen molar-refractivity contribution in [3.05, 3.63) is 71.8 Å². The van der Waals surface area contributed by atoms with Crippen LogP contribution in [0.1, 0.15) is 24.4 Å². The first-order valence-electron chi connectivity index (χ1n) is 7.38. The van der Waals surface area contributed by atoms with Gasteiger partial charge in [-0.2, -0.15) is 5.26 Å². The molecule has 3 rings (SSSR count). The van der Waals surface area contributed by atoms with E-state index < -0.39 is 12.1 Å². The van der Waals surface area contributed by atoms with E-state index in [0.717, 1.165) is 16.5 Å². The minimum absolute atomic E-state index is 0.120. The van der Waals surface area contributed by atoms with Gasteiger partial charge in [-0.3, -0.25) is 4.98 Å². The fraction of sp³-hybridized carbons (Fsp3) is 0.105. The molecule has 1 atom stereocenters. The maximum absolute atomic E-state index is 12.2. The molecule has 0 aliphatic carbocycles. The molecule has 118 valence electrons. The molecule has 0 N–H and O–H groups in total. The summed E-state index contributed by atoms with van der Waals surface area (Å²) in [7, 11) is 0. The van der Waals surface area contributed by atoms with Crippen molar-refractivity contribution in [1.82, 2.24) is 4.98 Å². The first-order chi connectivity index (χ1) is 11.7. The van der Waals surface area contributed by atoms with Gasteiger partial charge in [0.15, 0.2) is 0 Å². The number of carbonyl (C=O) groups excluding carboxylic acids is 1. The number of benzene rings is 1. The maximum Gasteiger partial charge on any atom is 0.349 e. The van der Waals surface area contributed by atoms with Crippen molar-refractivity contribution in [1.29, 1.82) is 5.26 Å². The van der Waals surface area contributed by atoms with Crippen LogP contribution in [-0.2, 0) is 9.53 Å². The van der Waals surface area contributed by atoms with E-state index >= 15 is 0 Å². The molecule has 2 heterocycles. The van der Waals surface area contributed by atoms with E-state index in [-0.39, 0.29) is 5.57 Å². The van der Waals surface area contributed by atoms with Crippen LogP contribution in [0.15, 0.2) is 64.9 Å². The molecule has 0 bridgehead atoms. The molecule has 0 amide bonds. The van der Waals surface area contributed by atoms with Crippen molar-refractivity contribution in [3.63, 3.8) is 0 Å². The number of fused-ring (bicyclic) bond motifs is 1. The second-order valence-electron chi connectivity index (χ2n) is 5.19. The lowest BCUT2D eigenvalue weighted by Gasteiger charge is -2.13. The van der Waals surface area contributed by atoms with Gasteiger partial charge in [-0.15, -0.1) is 0 Å². The molecular weight excluding hydrogens is 304 g/mol. The SMILES string of the molecule is CC(OC(=O)/C(C#N)=C\c1ccco1)c1cnc2ccccc2c1. The van der Waals surface area contributed by atoms with Crippen LogP contribution in [0.3, 0.4) is 0 Å². The molecule has 0 aliphatic rings. The van der Waals surface area contributed by atoms with Crippen molar-refractivity contribution in [2.45, 2.75) is 13.0 Å². The Balaban J connectivity index is 1.78. The largest absolute Gasteiger partial charge is 0.465 e. The van der Waals surface area contributed by atoms with Gasteiger partial charge in [0.2, 0.25) is 0 Å². The molecule has 0 aliphatic heterocycles. The molecule has 24 heavy (non-hydrogen) atoms. The lowest BCUT2D eigenvalue weighted by atomic mass is 10.1. The summed E-state index contributed by atoms with van der Waals surface area (Å²) >= 11 is 0. The predicted molar refractivity (Wildman–Crippen MR) is 88.5 cm³/mol. The third kappa shape index (κ3) is 3.33. The van der Waals surface area contributed by atoms with Crippen LogP contribution in [0.5, 0.6) is 0 Å². The average molecular weight is 318 g/mol. The number of aromatic nitrogens is 1. The van der Waals surface area contributed by atoms with E-state index in [0.29, 0.717) is 5.76 Å². The maximum atomic E-state index is 12.2. The first kappa shape index (κ1) is 15.5. The van der Waals surface area contributed by atoms with Crippen LogP contribution >= 0.6 is 0 Å². The summed E-state index contributed by atoms with van der Waals surface area (Å²) in [4.78, 5) is 16.5. The topological polar surface area (TPSA) is 76.1 Å². The van der Waals surface area contributed by atoms with Gasteiger partial charge >= 0.3 is 5.97 Å². The van der Waals surface area contributed by atoms with Crippen LogP contribution in [-0.4, -0.2) is 11.0 Å². The molecule has 2 aromatic heterocycles. The normalized spacial score (nSPS) is 12.6. The molecule has 0 fully saturated rings. The lowest BCUT2D eigenvalue weighted by molar-refractivity contribution is -0.143. The third-order valence-corrected chi connectivity index (χ3v) is 3.54. The van der Waals surface area contributed by atoms with Crippen LogP contribution in [0.4, 0.5) is 0 Å². The minimum atomic E-state index is -0.699. The summed E-state index contributed by atoms with van der Waals surface area (Å²) in [6, 6.07) is 14.8. The molecule has 5 nitrogen and oxygen atoms in total. The number of ether oxygens (including phenoxy) is 1. The highest BCUT2D eigenvalue weighted by Crippen LogP contribution is 2.22. The monoisotopic (exact) mass is 318 g/mol. The molecule has 0 spiro atoms. The van der Waals surface area contributed by atoms with Crippen LogP contribution < -0.4 is 0 Å². The zero-order chi connectivity index (χ0) is 16.9. The molecule has 3 aromatic rings. The summed E-state index contributed by atoms with van der Waals surface area (Å²) < 4.78 is 10.5. The lowest BCUT2D eigenvalue weighted by Crippen LogP contribution is -2.10. The van der Waals surface area contributed by atoms with Crippen molar-refractivity contribution in [2.75, 3.05) is 0 Å². The number of pyridine rings is 1. The molecule has 0 radical (unpaired) electrons. The Kier molecular flexibility index (Phi) is 4.39. The Morgan fingerprint density at radius 3 is 2.92 bits per heavy atom. The van der Waals surface area contributed by atoms with E-state index in [2.05, 4.69) is 4.98 Å². The Bertz CT molecular complexity index is 937. The van der Waals surface area contributed by atoms with Gasteiger partial charge in [0.25, 0.3) is 0 Å². The number of nitrogens with zero attached hydrogens (tertiary/aromatic N) is 2. The number of hydrogen-bond acceptors (Lipinski definition) is 5. The Labute approximate surface area is 138 Å². The number of carbonyl (C=O) groups is 1. The van der Waals surface area contributed by atoms with E-state index in [1.165, 1.54) is 12.3 Å². The number of furan rings is 1. The van der Waals surface area contributed by atoms with Gasteiger partial charge in [-0.05, 0) is 31.2 Å².